The van der Waals surface area contributed by atoms with E-state index >= 15 is 0 Å². The van der Waals surface area contributed by atoms with E-state index in [2.05, 4.69) is 25.1 Å². The van der Waals surface area contributed by atoms with Gasteiger partial charge in [0.15, 0.2) is 0 Å². The molecule has 0 amide bonds. The van der Waals surface area contributed by atoms with E-state index in [-0.39, 0.29) is 5.82 Å². The van der Waals surface area contributed by atoms with Gasteiger partial charge in [-0.3, -0.25) is 0 Å². The van der Waals surface area contributed by atoms with Crippen molar-refractivity contribution in [1.82, 2.24) is 0 Å². The molecule has 0 bridgehead atoms. The van der Waals surface area contributed by atoms with E-state index in [1.807, 2.05) is 18.2 Å². The summed E-state index contributed by atoms with van der Waals surface area (Å²) in [6.07, 6.45) is 1.96. The fourth-order valence-electron chi connectivity index (χ4n) is 3.11. The highest BCUT2D eigenvalue weighted by Gasteiger charge is 2.36. The highest BCUT2D eigenvalue weighted by molar-refractivity contribution is 5.45. The van der Waals surface area contributed by atoms with Gasteiger partial charge in [-0.05, 0) is 47.6 Å². The van der Waals surface area contributed by atoms with E-state index < -0.39 is 5.54 Å². The molecule has 0 aliphatic heterocycles. The van der Waals surface area contributed by atoms with Crippen LogP contribution in [0.25, 0.3) is 0 Å². The topological polar surface area (TPSA) is 26.0 Å². The molecule has 0 heterocycles. The van der Waals surface area contributed by atoms with Gasteiger partial charge in [-0.1, -0.05) is 43.3 Å². The summed E-state index contributed by atoms with van der Waals surface area (Å²) >= 11 is 0. The summed E-state index contributed by atoms with van der Waals surface area (Å²) in [7, 11) is 0. The van der Waals surface area contributed by atoms with Crippen LogP contribution in [0.15, 0.2) is 48.5 Å². The maximum absolute atomic E-state index is 13.1. The van der Waals surface area contributed by atoms with Crippen LogP contribution in [-0.4, -0.2) is 0 Å². The highest BCUT2D eigenvalue weighted by atomic mass is 19.1. The first-order valence-corrected chi connectivity index (χ1v) is 6.75. The zero-order valence-corrected chi connectivity index (χ0v) is 11.1. The molecule has 0 fully saturated rings. The third-order valence-electron chi connectivity index (χ3n) is 4.30. The Hall–Kier alpha value is -1.67. The summed E-state index contributed by atoms with van der Waals surface area (Å²) in [4.78, 5) is 0. The molecule has 19 heavy (non-hydrogen) atoms. The van der Waals surface area contributed by atoms with E-state index in [0.29, 0.717) is 5.92 Å². The van der Waals surface area contributed by atoms with Crippen molar-refractivity contribution in [1.29, 1.82) is 0 Å². The van der Waals surface area contributed by atoms with Crippen molar-refractivity contribution in [2.24, 2.45) is 5.73 Å². The Labute approximate surface area is 113 Å². The second-order valence-electron chi connectivity index (χ2n) is 5.51. The van der Waals surface area contributed by atoms with Gasteiger partial charge >= 0.3 is 0 Å². The van der Waals surface area contributed by atoms with Crippen molar-refractivity contribution in [3.8, 4) is 0 Å². The summed E-state index contributed by atoms with van der Waals surface area (Å²) < 4.78 is 13.1. The molecule has 0 saturated heterocycles. The zero-order valence-electron chi connectivity index (χ0n) is 11.1. The zero-order chi connectivity index (χ0) is 13.5. The van der Waals surface area contributed by atoms with E-state index in [9.17, 15) is 4.39 Å². The Kier molecular flexibility index (Phi) is 2.90. The minimum absolute atomic E-state index is 0.218. The minimum atomic E-state index is -0.489. The molecule has 2 aromatic rings. The van der Waals surface area contributed by atoms with Crippen LogP contribution in [-0.2, 0) is 5.54 Å². The van der Waals surface area contributed by atoms with Gasteiger partial charge in [0.25, 0.3) is 0 Å². The van der Waals surface area contributed by atoms with Crippen LogP contribution in [0, 0.1) is 5.82 Å². The molecule has 2 atom stereocenters. The Balaban J connectivity index is 2.15. The molecule has 2 unspecified atom stereocenters. The third-order valence-corrected chi connectivity index (χ3v) is 4.30. The van der Waals surface area contributed by atoms with Gasteiger partial charge in [0, 0.05) is 0 Å². The predicted octanol–water partition coefficient (Wildman–Crippen LogP) is 3.93. The first-order valence-electron chi connectivity index (χ1n) is 6.75. The number of hydrogen-bond acceptors (Lipinski definition) is 1. The van der Waals surface area contributed by atoms with Gasteiger partial charge in [0.05, 0.1) is 5.54 Å². The van der Waals surface area contributed by atoms with Gasteiger partial charge in [-0.2, -0.15) is 0 Å². The van der Waals surface area contributed by atoms with Gasteiger partial charge < -0.3 is 5.73 Å². The van der Waals surface area contributed by atoms with Crippen molar-refractivity contribution >= 4 is 0 Å². The van der Waals surface area contributed by atoms with Gasteiger partial charge in [-0.15, -0.1) is 0 Å². The molecule has 1 aliphatic rings. The fraction of sp³-hybridized carbons (Fsp3) is 0.294. The number of hydrogen-bond donors (Lipinski definition) is 1. The number of benzene rings is 2. The first-order chi connectivity index (χ1) is 9.11. The molecular weight excluding hydrogens is 237 g/mol. The Morgan fingerprint density at radius 2 is 1.79 bits per heavy atom. The third kappa shape index (κ3) is 1.96. The summed E-state index contributed by atoms with van der Waals surface area (Å²) in [5, 5.41) is 0. The molecule has 2 heteroatoms. The molecular formula is C17H18FN. The van der Waals surface area contributed by atoms with Crippen molar-refractivity contribution in [3.63, 3.8) is 0 Å². The van der Waals surface area contributed by atoms with Crippen LogP contribution >= 0.6 is 0 Å². The fourth-order valence-corrected chi connectivity index (χ4v) is 3.11. The smallest absolute Gasteiger partial charge is 0.123 e. The molecule has 1 aliphatic carbocycles. The van der Waals surface area contributed by atoms with Crippen molar-refractivity contribution in [2.45, 2.75) is 31.2 Å². The maximum Gasteiger partial charge on any atom is 0.123 e. The molecule has 0 spiro atoms. The first kappa shape index (κ1) is 12.4. The standard InChI is InChI=1S/C17H18FN/c1-12-10-11-17(19,13-6-8-14(18)9-7-13)16-5-3-2-4-15(12)16/h2-9,12H,10-11,19H2,1H3. The predicted molar refractivity (Wildman–Crippen MR) is 75.5 cm³/mol. The van der Waals surface area contributed by atoms with Crippen molar-refractivity contribution in [2.75, 3.05) is 0 Å². The Morgan fingerprint density at radius 3 is 2.53 bits per heavy atom. The second-order valence-corrected chi connectivity index (χ2v) is 5.51. The Morgan fingerprint density at radius 1 is 1.11 bits per heavy atom. The van der Waals surface area contributed by atoms with Gasteiger partial charge in [-0.25, -0.2) is 4.39 Å². The molecule has 3 rings (SSSR count). The summed E-state index contributed by atoms with van der Waals surface area (Å²) in [6.45, 7) is 2.24. The lowest BCUT2D eigenvalue weighted by molar-refractivity contribution is 0.411. The molecule has 0 aromatic heterocycles. The average Bonchev–Trinajstić information content (AvgIpc) is 2.44. The molecule has 2 aromatic carbocycles. The van der Waals surface area contributed by atoms with Crippen LogP contribution in [0.2, 0.25) is 0 Å². The molecule has 0 saturated carbocycles. The minimum Gasteiger partial charge on any atom is -0.318 e. The summed E-state index contributed by atoms with van der Waals surface area (Å²) in [5.74, 6) is 0.318. The molecule has 98 valence electrons. The van der Waals surface area contributed by atoms with Crippen molar-refractivity contribution < 1.29 is 4.39 Å². The second kappa shape index (κ2) is 4.46. The SMILES string of the molecule is CC1CCC(N)(c2ccc(F)cc2)c2ccccc21. The number of rotatable bonds is 1. The molecule has 2 N–H and O–H groups in total. The largest absolute Gasteiger partial charge is 0.318 e. The van der Waals surface area contributed by atoms with E-state index in [0.717, 1.165) is 18.4 Å². The lowest BCUT2D eigenvalue weighted by atomic mass is 9.70. The van der Waals surface area contributed by atoms with Crippen LogP contribution < -0.4 is 5.73 Å². The van der Waals surface area contributed by atoms with E-state index in [4.69, 9.17) is 5.73 Å². The number of nitrogens with two attached hydrogens (primary N) is 1. The lowest BCUT2D eigenvalue weighted by Crippen LogP contribution is -2.41. The number of fused-ring (bicyclic) bond motifs is 1. The lowest BCUT2D eigenvalue weighted by Gasteiger charge is -2.39. The van der Waals surface area contributed by atoms with E-state index in [1.54, 1.807) is 0 Å². The monoisotopic (exact) mass is 255 g/mol. The van der Waals surface area contributed by atoms with Crippen LogP contribution in [0.3, 0.4) is 0 Å². The summed E-state index contributed by atoms with van der Waals surface area (Å²) in [5.41, 5.74) is 9.69. The number of halogens is 1. The average molecular weight is 255 g/mol. The van der Waals surface area contributed by atoms with Crippen LogP contribution in [0.5, 0.6) is 0 Å². The van der Waals surface area contributed by atoms with Crippen molar-refractivity contribution in [3.05, 3.63) is 71.0 Å². The Bertz CT molecular complexity index is 590. The van der Waals surface area contributed by atoms with Gasteiger partial charge in [0.1, 0.15) is 5.82 Å². The van der Waals surface area contributed by atoms with Gasteiger partial charge in [0.2, 0.25) is 0 Å². The molecule has 1 nitrogen and oxygen atoms in total. The maximum atomic E-state index is 13.1. The quantitative estimate of drug-likeness (QED) is 0.821. The van der Waals surface area contributed by atoms with Crippen LogP contribution in [0.4, 0.5) is 4.39 Å². The normalized spacial score (nSPS) is 25.9. The highest BCUT2D eigenvalue weighted by Crippen LogP contribution is 2.43. The summed E-state index contributed by atoms with van der Waals surface area (Å²) in [6, 6.07) is 15.0. The van der Waals surface area contributed by atoms with Crippen LogP contribution in [0.1, 0.15) is 42.4 Å². The molecule has 0 radical (unpaired) electrons. The van der Waals surface area contributed by atoms with E-state index in [1.165, 1.54) is 23.3 Å².